The number of hydrogen-bond donors (Lipinski definition) is 2. The molecule has 0 aliphatic rings. The van der Waals surface area contributed by atoms with Crippen molar-refractivity contribution < 1.29 is 9.53 Å². The van der Waals surface area contributed by atoms with Gasteiger partial charge in [0.05, 0.1) is 0 Å². The zero-order valence-corrected chi connectivity index (χ0v) is 7.64. The molecule has 0 aromatic rings. The maximum atomic E-state index is 10.4. The first-order valence-electron chi connectivity index (χ1n) is 4.28. The van der Waals surface area contributed by atoms with Crippen molar-refractivity contribution >= 4 is 5.78 Å². The third-order valence-corrected chi connectivity index (χ3v) is 1.42. The van der Waals surface area contributed by atoms with Crippen molar-refractivity contribution in [2.75, 3.05) is 19.8 Å². The number of ketones is 1. The summed E-state index contributed by atoms with van der Waals surface area (Å²) in [5.74, 6) is 5.17. The number of Topliss-reactive ketones (excluding diaryl/α,β-unsaturated/α-hetero) is 1. The van der Waals surface area contributed by atoms with Gasteiger partial charge in [-0.2, -0.15) is 0 Å². The summed E-state index contributed by atoms with van der Waals surface area (Å²) in [6.45, 7) is 3.28. The fourth-order valence-electron chi connectivity index (χ4n) is 0.824. The van der Waals surface area contributed by atoms with Gasteiger partial charge in [-0.1, -0.05) is 0 Å². The summed E-state index contributed by atoms with van der Waals surface area (Å²) in [7, 11) is 0. The summed E-state index contributed by atoms with van der Waals surface area (Å²) in [4.78, 5) is 10.4. The first kappa shape index (κ1) is 11.6. The molecule has 0 aromatic carbocycles. The first-order valence-corrected chi connectivity index (χ1v) is 4.28. The molecular formula is C8H18N2O2. The summed E-state index contributed by atoms with van der Waals surface area (Å²) in [6, 6.07) is 0. The molecule has 72 valence electrons. The molecule has 12 heavy (non-hydrogen) atoms. The van der Waals surface area contributed by atoms with Gasteiger partial charge in [0.15, 0.2) is 5.78 Å². The van der Waals surface area contributed by atoms with Crippen molar-refractivity contribution in [3.63, 3.8) is 0 Å². The van der Waals surface area contributed by atoms with Crippen LogP contribution in [-0.4, -0.2) is 25.5 Å². The molecule has 0 aliphatic heterocycles. The lowest BCUT2D eigenvalue weighted by Gasteiger charge is -2.01. The van der Waals surface area contributed by atoms with Gasteiger partial charge in [-0.3, -0.25) is 16.1 Å². The third kappa shape index (κ3) is 9.55. The standard InChI is InChI=1S/C8H18N2O2/c1-8(11)7-12-6-4-2-3-5-10-9/h10H,2-7,9H2,1H3. The number of carbonyl (C=O) groups is 1. The van der Waals surface area contributed by atoms with E-state index in [4.69, 9.17) is 10.6 Å². The second kappa shape index (κ2) is 8.64. The summed E-state index contributed by atoms with van der Waals surface area (Å²) < 4.78 is 5.07. The van der Waals surface area contributed by atoms with Crippen LogP contribution >= 0.6 is 0 Å². The molecule has 0 bridgehead atoms. The van der Waals surface area contributed by atoms with Crippen LogP contribution < -0.4 is 11.3 Å². The molecule has 0 rings (SSSR count). The van der Waals surface area contributed by atoms with Crippen molar-refractivity contribution in [3.8, 4) is 0 Å². The summed E-state index contributed by atoms with van der Waals surface area (Å²) in [6.07, 6.45) is 3.14. The zero-order valence-electron chi connectivity index (χ0n) is 7.64. The average Bonchev–Trinajstić information content (AvgIpc) is 2.02. The van der Waals surface area contributed by atoms with E-state index in [1.165, 1.54) is 6.92 Å². The molecule has 4 nitrogen and oxygen atoms in total. The number of ether oxygens (including phenoxy) is 1. The van der Waals surface area contributed by atoms with Gasteiger partial charge < -0.3 is 4.74 Å². The Morgan fingerprint density at radius 1 is 1.42 bits per heavy atom. The van der Waals surface area contributed by atoms with E-state index in [2.05, 4.69) is 5.43 Å². The Balaban J connectivity index is 2.86. The largest absolute Gasteiger partial charge is 0.374 e. The predicted molar refractivity (Wildman–Crippen MR) is 47.5 cm³/mol. The molecule has 0 aliphatic carbocycles. The lowest BCUT2D eigenvalue weighted by atomic mass is 10.2. The van der Waals surface area contributed by atoms with Crippen LogP contribution in [-0.2, 0) is 9.53 Å². The van der Waals surface area contributed by atoms with Gasteiger partial charge in [0, 0.05) is 13.2 Å². The Bertz CT molecular complexity index is 118. The number of unbranched alkanes of at least 4 members (excludes halogenated alkanes) is 2. The van der Waals surface area contributed by atoms with Crippen molar-refractivity contribution in [2.24, 2.45) is 5.84 Å². The topological polar surface area (TPSA) is 64.3 Å². The maximum Gasteiger partial charge on any atom is 0.155 e. The van der Waals surface area contributed by atoms with E-state index in [-0.39, 0.29) is 12.4 Å². The molecule has 0 fully saturated rings. The molecule has 0 saturated heterocycles. The van der Waals surface area contributed by atoms with E-state index in [1.807, 2.05) is 0 Å². The van der Waals surface area contributed by atoms with Crippen LogP contribution in [0.25, 0.3) is 0 Å². The van der Waals surface area contributed by atoms with Crippen molar-refractivity contribution in [3.05, 3.63) is 0 Å². The molecule has 0 amide bonds. The summed E-state index contributed by atoms with van der Waals surface area (Å²) in [5.41, 5.74) is 2.58. The Labute approximate surface area is 73.4 Å². The quantitative estimate of drug-likeness (QED) is 0.314. The lowest BCUT2D eigenvalue weighted by molar-refractivity contribution is -0.121. The Hall–Kier alpha value is -0.450. The molecule has 4 heteroatoms. The Morgan fingerprint density at radius 3 is 2.75 bits per heavy atom. The van der Waals surface area contributed by atoms with E-state index < -0.39 is 0 Å². The first-order chi connectivity index (χ1) is 5.77. The van der Waals surface area contributed by atoms with Crippen LogP contribution in [0.15, 0.2) is 0 Å². The van der Waals surface area contributed by atoms with Crippen LogP contribution in [0.2, 0.25) is 0 Å². The minimum Gasteiger partial charge on any atom is -0.374 e. The van der Waals surface area contributed by atoms with Crippen LogP contribution in [0.4, 0.5) is 0 Å². The smallest absolute Gasteiger partial charge is 0.155 e. The van der Waals surface area contributed by atoms with Crippen molar-refractivity contribution in [1.82, 2.24) is 5.43 Å². The minimum atomic E-state index is 0.0821. The van der Waals surface area contributed by atoms with Gasteiger partial charge in [-0.25, -0.2) is 0 Å². The van der Waals surface area contributed by atoms with E-state index in [9.17, 15) is 4.79 Å². The summed E-state index contributed by atoms with van der Waals surface area (Å²) >= 11 is 0. The molecular weight excluding hydrogens is 156 g/mol. The van der Waals surface area contributed by atoms with Crippen molar-refractivity contribution in [1.29, 1.82) is 0 Å². The third-order valence-electron chi connectivity index (χ3n) is 1.42. The monoisotopic (exact) mass is 174 g/mol. The molecule has 3 N–H and O–H groups in total. The van der Waals surface area contributed by atoms with Crippen LogP contribution in [0, 0.1) is 0 Å². The van der Waals surface area contributed by atoms with E-state index >= 15 is 0 Å². The number of hydrazine groups is 1. The molecule has 0 aromatic heterocycles. The lowest BCUT2D eigenvalue weighted by Crippen LogP contribution is -2.22. The maximum absolute atomic E-state index is 10.4. The molecule has 0 heterocycles. The van der Waals surface area contributed by atoms with Gasteiger partial charge in [-0.05, 0) is 26.2 Å². The highest BCUT2D eigenvalue weighted by molar-refractivity contribution is 5.76. The highest BCUT2D eigenvalue weighted by atomic mass is 16.5. The molecule has 0 atom stereocenters. The second-order valence-electron chi connectivity index (χ2n) is 2.77. The zero-order chi connectivity index (χ0) is 9.23. The number of rotatable bonds is 8. The van der Waals surface area contributed by atoms with Gasteiger partial charge >= 0.3 is 0 Å². The fourth-order valence-corrected chi connectivity index (χ4v) is 0.824. The number of hydrogen-bond acceptors (Lipinski definition) is 4. The van der Waals surface area contributed by atoms with Gasteiger partial charge in [0.1, 0.15) is 6.61 Å². The Morgan fingerprint density at radius 2 is 2.17 bits per heavy atom. The van der Waals surface area contributed by atoms with Gasteiger partial charge in [0.25, 0.3) is 0 Å². The predicted octanol–water partition coefficient (Wildman–Crippen LogP) is 0.226. The number of carbonyl (C=O) groups excluding carboxylic acids is 1. The molecule has 0 saturated carbocycles. The van der Waals surface area contributed by atoms with Gasteiger partial charge in [-0.15, -0.1) is 0 Å². The average molecular weight is 174 g/mol. The highest BCUT2D eigenvalue weighted by Crippen LogP contribution is 1.94. The van der Waals surface area contributed by atoms with E-state index in [0.29, 0.717) is 6.61 Å². The number of nitrogens with two attached hydrogens (primary N) is 1. The normalized spacial score (nSPS) is 10.2. The molecule has 0 spiro atoms. The Kier molecular flexibility index (Phi) is 8.32. The fraction of sp³-hybridized carbons (Fsp3) is 0.875. The second-order valence-corrected chi connectivity index (χ2v) is 2.77. The number of nitrogens with one attached hydrogen (secondary N) is 1. The molecule has 0 unspecified atom stereocenters. The van der Waals surface area contributed by atoms with Crippen LogP contribution in [0.5, 0.6) is 0 Å². The van der Waals surface area contributed by atoms with Gasteiger partial charge in [0.2, 0.25) is 0 Å². The van der Waals surface area contributed by atoms with E-state index in [1.54, 1.807) is 0 Å². The minimum absolute atomic E-state index is 0.0821. The van der Waals surface area contributed by atoms with Crippen LogP contribution in [0.3, 0.4) is 0 Å². The SMILES string of the molecule is CC(=O)COCCCCCNN. The molecule has 0 radical (unpaired) electrons. The highest BCUT2D eigenvalue weighted by Gasteiger charge is 1.92. The van der Waals surface area contributed by atoms with E-state index in [0.717, 1.165) is 25.8 Å². The summed E-state index contributed by atoms with van der Waals surface area (Å²) in [5, 5.41) is 0. The van der Waals surface area contributed by atoms with Crippen LogP contribution in [0.1, 0.15) is 26.2 Å². The van der Waals surface area contributed by atoms with Crippen molar-refractivity contribution in [2.45, 2.75) is 26.2 Å².